The van der Waals surface area contributed by atoms with Gasteiger partial charge in [-0.15, -0.1) is 6.07 Å². The monoisotopic (exact) mass is 340 g/mol. The van der Waals surface area contributed by atoms with Crippen LogP contribution in [0.4, 0.5) is 15.9 Å². The Hall–Kier alpha value is -1.57. The Bertz CT molecular complexity index is 625. The summed E-state index contributed by atoms with van der Waals surface area (Å²) in [7, 11) is 1.80. The van der Waals surface area contributed by atoms with Crippen molar-refractivity contribution in [3.8, 4) is 11.8 Å². The molecule has 97 valence electrons. The van der Waals surface area contributed by atoms with Crippen LogP contribution in [0.5, 0.6) is 0 Å². The number of nitrogens with zero attached hydrogens (tertiary/aromatic N) is 2. The summed E-state index contributed by atoms with van der Waals surface area (Å²) < 4.78 is 12.6. The van der Waals surface area contributed by atoms with Crippen LogP contribution in [0.2, 0.25) is 0 Å². The van der Waals surface area contributed by atoms with E-state index in [4.69, 9.17) is 0 Å². The van der Waals surface area contributed by atoms with E-state index in [1.165, 1.54) is 18.2 Å². The van der Waals surface area contributed by atoms with E-state index >= 15 is 0 Å². The van der Waals surface area contributed by atoms with E-state index in [9.17, 15) is 4.39 Å². The van der Waals surface area contributed by atoms with Crippen molar-refractivity contribution in [3.05, 3.63) is 54.0 Å². The number of halogens is 1. The molecule has 1 heterocycles. The van der Waals surface area contributed by atoms with Crippen LogP contribution in [0.1, 0.15) is 5.56 Å². The van der Waals surface area contributed by atoms with Crippen LogP contribution in [-0.4, -0.2) is 18.2 Å². The molecule has 0 aliphatic heterocycles. The van der Waals surface area contributed by atoms with Gasteiger partial charge >= 0.3 is 0 Å². The fourth-order valence-corrected chi connectivity index (χ4v) is 1.27. The molecule has 1 aromatic carbocycles. The Kier molecular flexibility index (Phi) is 7.07. The topological polar surface area (TPSA) is 37.3 Å². The number of pyridine rings is 1. The smallest absolute Gasteiger partial charge is 0.125 e. The van der Waals surface area contributed by atoms with Crippen LogP contribution in [0.3, 0.4) is 0 Å². The van der Waals surface area contributed by atoms with Crippen LogP contribution < -0.4 is 5.32 Å². The molecule has 2 rings (SSSR count). The third kappa shape index (κ3) is 5.20. The summed E-state index contributed by atoms with van der Waals surface area (Å²) in [4.78, 5) is 8.04. The van der Waals surface area contributed by atoms with E-state index in [0.717, 1.165) is 11.4 Å². The first-order chi connectivity index (χ1) is 9.28. The van der Waals surface area contributed by atoms with Gasteiger partial charge in [-0.3, -0.25) is 4.39 Å². The predicted octanol–water partition coefficient (Wildman–Crippen LogP) is 2.69. The number of aromatic nitrogens is 1. The number of benzene rings is 1. The van der Waals surface area contributed by atoms with Crippen molar-refractivity contribution in [1.29, 1.82) is 0 Å². The molecular weight excluding hydrogens is 330 g/mol. The molecule has 0 bridgehead atoms. The SMILES string of the molecule is CNc1ccc(C#C[C-]=Nc2[c-]cc(F)cc2)cn1.[Y]. The van der Waals surface area contributed by atoms with Gasteiger partial charge in [-0.2, -0.15) is 23.7 Å². The van der Waals surface area contributed by atoms with Crippen LogP contribution in [-0.2, 0) is 32.7 Å². The molecule has 0 atom stereocenters. The van der Waals surface area contributed by atoms with Crippen LogP contribution >= 0.6 is 0 Å². The molecule has 3 nitrogen and oxygen atoms in total. The second kappa shape index (κ2) is 8.57. The van der Waals surface area contributed by atoms with Crippen LogP contribution in [0.25, 0.3) is 0 Å². The summed E-state index contributed by atoms with van der Waals surface area (Å²) in [5.74, 6) is 5.94. The third-order valence-electron chi connectivity index (χ3n) is 2.22. The van der Waals surface area contributed by atoms with E-state index in [-0.39, 0.29) is 38.5 Å². The van der Waals surface area contributed by atoms with Gasteiger partial charge in [0.05, 0.1) is 0 Å². The Labute approximate surface area is 142 Å². The quantitative estimate of drug-likeness (QED) is 0.519. The van der Waals surface area contributed by atoms with Gasteiger partial charge in [0.15, 0.2) is 0 Å². The first kappa shape index (κ1) is 16.5. The zero-order chi connectivity index (χ0) is 13.5. The van der Waals surface area contributed by atoms with Crippen molar-refractivity contribution < 1.29 is 37.1 Å². The van der Waals surface area contributed by atoms with Gasteiger partial charge in [0, 0.05) is 51.8 Å². The number of anilines is 1. The summed E-state index contributed by atoms with van der Waals surface area (Å²) >= 11 is 0. The van der Waals surface area contributed by atoms with Crippen LogP contribution in [0.15, 0.2) is 41.5 Å². The zero-order valence-corrected chi connectivity index (χ0v) is 13.7. The van der Waals surface area contributed by atoms with Crippen molar-refractivity contribution in [2.45, 2.75) is 0 Å². The molecule has 1 aromatic heterocycles. The summed E-state index contributed by atoms with van der Waals surface area (Å²) in [6.45, 7) is 0. The first-order valence-corrected chi connectivity index (χ1v) is 5.56. The molecule has 0 aliphatic carbocycles. The predicted molar refractivity (Wildman–Crippen MR) is 73.0 cm³/mol. The molecule has 0 amide bonds. The maximum atomic E-state index is 12.6. The van der Waals surface area contributed by atoms with Crippen molar-refractivity contribution in [1.82, 2.24) is 4.98 Å². The molecule has 20 heavy (non-hydrogen) atoms. The average molecular weight is 340 g/mol. The van der Waals surface area contributed by atoms with Crippen molar-refractivity contribution >= 4 is 17.7 Å². The number of hydrogen-bond acceptors (Lipinski definition) is 3. The van der Waals surface area contributed by atoms with Gasteiger partial charge in [-0.05, 0) is 17.8 Å². The Morgan fingerprint density at radius 2 is 2.20 bits per heavy atom. The summed E-state index contributed by atoms with van der Waals surface area (Å²) in [6, 6.07) is 10.4. The maximum Gasteiger partial charge on any atom is 0.125 e. The van der Waals surface area contributed by atoms with Crippen molar-refractivity contribution in [3.63, 3.8) is 0 Å². The van der Waals surface area contributed by atoms with E-state index in [2.05, 4.69) is 39.4 Å². The second-order valence-electron chi connectivity index (χ2n) is 3.55. The maximum absolute atomic E-state index is 12.6. The van der Waals surface area contributed by atoms with Crippen molar-refractivity contribution in [2.75, 3.05) is 12.4 Å². The van der Waals surface area contributed by atoms with E-state index < -0.39 is 0 Å². The standard InChI is InChI=1S/C15H10FN3.Y/c1-17-15-9-4-12(11-19-15)3-2-10-18-14-7-5-13(16)6-8-14;/h4-7,9,11H,1H3,(H,17,19);/q-2;. The first-order valence-electron chi connectivity index (χ1n) is 5.56. The molecule has 5 heteroatoms. The van der Waals surface area contributed by atoms with Gasteiger partial charge in [0.2, 0.25) is 0 Å². The summed E-state index contributed by atoms with van der Waals surface area (Å²) in [5.41, 5.74) is 1.25. The minimum Gasteiger partial charge on any atom is -0.402 e. The summed E-state index contributed by atoms with van der Waals surface area (Å²) in [6.07, 6.45) is 4.22. The average Bonchev–Trinajstić information content (AvgIpc) is 2.46. The fourth-order valence-electron chi connectivity index (χ4n) is 1.27. The molecule has 0 aliphatic rings. The molecule has 0 saturated heterocycles. The third-order valence-corrected chi connectivity index (χ3v) is 2.22. The minimum absolute atomic E-state index is 0. The Morgan fingerprint density at radius 3 is 2.80 bits per heavy atom. The number of rotatable bonds is 2. The molecule has 0 saturated carbocycles. The minimum atomic E-state index is -0.347. The fraction of sp³-hybridized carbons (Fsp3) is 0.0667. The van der Waals surface area contributed by atoms with Gasteiger partial charge in [0.25, 0.3) is 0 Å². The molecule has 1 N–H and O–H groups in total. The Morgan fingerprint density at radius 1 is 1.35 bits per heavy atom. The summed E-state index contributed by atoms with van der Waals surface area (Å²) in [5, 5.41) is 2.92. The van der Waals surface area contributed by atoms with E-state index in [0.29, 0.717) is 5.69 Å². The van der Waals surface area contributed by atoms with Gasteiger partial charge in [0.1, 0.15) is 5.82 Å². The molecule has 0 spiro atoms. The van der Waals surface area contributed by atoms with Gasteiger partial charge < -0.3 is 10.3 Å². The Balaban J connectivity index is 0.00000200. The second-order valence-corrected chi connectivity index (χ2v) is 3.55. The molecule has 2 aromatic rings. The van der Waals surface area contributed by atoms with E-state index in [1.54, 1.807) is 13.2 Å². The number of hydrogen-bond donors (Lipinski definition) is 1. The molecular formula is C15H10FN3Y-2. The van der Waals surface area contributed by atoms with Gasteiger partial charge in [-0.25, -0.2) is 17.0 Å². The van der Waals surface area contributed by atoms with Crippen molar-refractivity contribution in [2.24, 2.45) is 4.99 Å². The zero-order valence-electron chi connectivity index (χ0n) is 10.8. The number of aliphatic imine (C=N–C) groups is 1. The van der Waals surface area contributed by atoms with Crippen LogP contribution in [0, 0.1) is 23.7 Å². The van der Waals surface area contributed by atoms with E-state index in [1.807, 2.05) is 12.1 Å². The number of nitrogens with one attached hydrogen (secondary N) is 1. The molecule has 0 unspecified atom stereocenters. The van der Waals surface area contributed by atoms with Gasteiger partial charge in [-0.1, -0.05) is 6.07 Å². The molecule has 0 fully saturated rings. The normalized spacial score (nSPS) is 9.50. The molecule has 1 radical (unpaired) electrons. The largest absolute Gasteiger partial charge is 0.402 e.